The highest BCUT2D eigenvalue weighted by Crippen LogP contribution is 2.25. The number of carbonyl (C=O) groups excluding carboxylic acids is 1. The fourth-order valence-electron chi connectivity index (χ4n) is 2.48. The van der Waals surface area contributed by atoms with Crippen molar-refractivity contribution in [3.8, 4) is 6.07 Å². The third kappa shape index (κ3) is 3.83. The summed E-state index contributed by atoms with van der Waals surface area (Å²) in [4.78, 5) is 20.0. The Bertz CT molecular complexity index is 566. The van der Waals surface area contributed by atoms with E-state index in [-0.39, 0.29) is 35.1 Å². The van der Waals surface area contributed by atoms with E-state index in [1.807, 2.05) is 6.07 Å². The molecule has 0 saturated carbocycles. The van der Waals surface area contributed by atoms with E-state index in [0.717, 1.165) is 12.8 Å². The number of esters is 1. The number of anilines is 2. The van der Waals surface area contributed by atoms with Crippen molar-refractivity contribution in [2.45, 2.75) is 12.8 Å². The quantitative estimate of drug-likeness (QED) is 0.756. The summed E-state index contributed by atoms with van der Waals surface area (Å²) < 4.78 is 10.2. The second kappa shape index (κ2) is 7.56. The van der Waals surface area contributed by atoms with Gasteiger partial charge in [-0.15, -0.1) is 0 Å². The number of aromatic nitrogens is 2. The van der Waals surface area contributed by atoms with Crippen molar-refractivity contribution < 1.29 is 14.3 Å². The zero-order valence-corrected chi connectivity index (χ0v) is 12.4. The van der Waals surface area contributed by atoms with Crippen LogP contribution in [0.3, 0.4) is 0 Å². The lowest BCUT2D eigenvalue weighted by atomic mass is 9.86. The molecule has 3 N–H and O–H groups in total. The highest BCUT2D eigenvalue weighted by atomic mass is 16.5. The molecule has 1 unspecified atom stereocenters. The first-order valence-corrected chi connectivity index (χ1v) is 7.07. The lowest BCUT2D eigenvalue weighted by Crippen LogP contribution is -2.35. The number of nitrogens with one attached hydrogen (secondary N) is 1. The van der Waals surface area contributed by atoms with Crippen LogP contribution in [0.1, 0.15) is 18.4 Å². The summed E-state index contributed by atoms with van der Waals surface area (Å²) in [5.74, 6) is 0.0398. The van der Waals surface area contributed by atoms with Crippen LogP contribution >= 0.6 is 0 Å². The highest BCUT2D eigenvalue weighted by Gasteiger charge is 2.30. The number of nitrogens with two attached hydrogens (primary N) is 1. The number of hydrogen-bond acceptors (Lipinski definition) is 8. The van der Waals surface area contributed by atoms with Gasteiger partial charge in [0.25, 0.3) is 0 Å². The Morgan fingerprint density at radius 3 is 2.95 bits per heavy atom. The van der Waals surface area contributed by atoms with E-state index in [0.29, 0.717) is 19.8 Å². The number of nitrogens with zero attached hydrogens (tertiary/aromatic N) is 3. The minimum absolute atomic E-state index is 0.112. The summed E-state index contributed by atoms with van der Waals surface area (Å²) in [6.07, 6.45) is 2.99. The van der Waals surface area contributed by atoms with E-state index < -0.39 is 0 Å². The average Bonchev–Trinajstić information content (AvgIpc) is 2.56. The monoisotopic (exact) mass is 305 g/mol. The molecule has 2 heterocycles. The number of carbonyl (C=O) groups is 1. The van der Waals surface area contributed by atoms with Crippen LogP contribution in [0, 0.1) is 23.2 Å². The van der Waals surface area contributed by atoms with Gasteiger partial charge in [-0.25, -0.2) is 4.98 Å². The summed E-state index contributed by atoms with van der Waals surface area (Å²) >= 11 is 0. The molecule has 0 aromatic carbocycles. The fourth-order valence-corrected chi connectivity index (χ4v) is 2.48. The maximum Gasteiger partial charge on any atom is 0.310 e. The highest BCUT2D eigenvalue weighted by molar-refractivity contribution is 5.73. The summed E-state index contributed by atoms with van der Waals surface area (Å²) in [7, 11) is 1.38. The Kier molecular flexibility index (Phi) is 5.49. The number of methoxy groups -OCH3 is 1. The second-order valence-electron chi connectivity index (χ2n) is 5.06. The molecule has 22 heavy (non-hydrogen) atoms. The van der Waals surface area contributed by atoms with Crippen LogP contribution in [0.5, 0.6) is 0 Å². The van der Waals surface area contributed by atoms with Crippen LogP contribution in [0.25, 0.3) is 0 Å². The first kappa shape index (κ1) is 16.0. The van der Waals surface area contributed by atoms with E-state index in [1.54, 1.807) is 0 Å². The Labute approximate surface area is 128 Å². The molecule has 2 rings (SSSR count). The van der Waals surface area contributed by atoms with Gasteiger partial charge in [0.05, 0.1) is 19.2 Å². The van der Waals surface area contributed by atoms with Crippen molar-refractivity contribution in [1.82, 2.24) is 9.97 Å². The first-order chi connectivity index (χ1) is 10.7. The normalized spacial score (nSPS) is 16.5. The second-order valence-corrected chi connectivity index (χ2v) is 5.06. The third-order valence-corrected chi connectivity index (χ3v) is 3.76. The molecule has 0 amide bonds. The van der Waals surface area contributed by atoms with Gasteiger partial charge in [0, 0.05) is 19.8 Å². The van der Waals surface area contributed by atoms with Crippen molar-refractivity contribution >= 4 is 17.7 Å². The van der Waals surface area contributed by atoms with E-state index in [9.17, 15) is 4.79 Å². The van der Waals surface area contributed by atoms with Gasteiger partial charge in [0.2, 0.25) is 5.95 Å². The predicted octanol–water partition coefficient (Wildman–Crippen LogP) is 0.558. The average molecular weight is 305 g/mol. The Hall–Kier alpha value is -2.40. The van der Waals surface area contributed by atoms with Gasteiger partial charge < -0.3 is 20.5 Å². The summed E-state index contributed by atoms with van der Waals surface area (Å²) in [5.41, 5.74) is 5.87. The molecule has 0 radical (unpaired) electrons. The lowest BCUT2D eigenvalue weighted by Gasteiger charge is -2.28. The molecule has 8 nitrogen and oxygen atoms in total. The maximum atomic E-state index is 12.0. The largest absolute Gasteiger partial charge is 0.469 e. The molecule has 0 spiro atoms. The number of rotatable bonds is 5. The molecule has 1 aromatic heterocycles. The minimum Gasteiger partial charge on any atom is -0.469 e. The number of nitriles is 1. The van der Waals surface area contributed by atoms with E-state index in [1.165, 1.54) is 13.3 Å². The zero-order chi connectivity index (χ0) is 15.9. The van der Waals surface area contributed by atoms with Gasteiger partial charge >= 0.3 is 5.97 Å². The summed E-state index contributed by atoms with van der Waals surface area (Å²) in [5, 5.41) is 11.8. The van der Waals surface area contributed by atoms with E-state index in [2.05, 4.69) is 15.3 Å². The lowest BCUT2D eigenvalue weighted by molar-refractivity contribution is -0.148. The van der Waals surface area contributed by atoms with Gasteiger partial charge in [-0.2, -0.15) is 10.2 Å². The molecule has 1 atom stereocenters. The fraction of sp³-hybridized carbons (Fsp3) is 0.571. The van der Waals surface area contributed by atoms with Crippen molar-refractivity contribution in [3.63, 3.8) is 0 Å². The molecular formula is C14H19N5O3. The van der Waals surface area contributed by atoms with E-state index >= 15 is 0 Å². The predicted molar refractivity (Wildman–Crippen MR) is 78.7 cm³/mol. The van der Waals surface area contributed by atoms with Crippen LogP contribution in [0.15, 0.2) is 6.20 Å². The molecule has 1 aromatic rings. The van der Waals surface area contributed by atoms with Gasteiger partial charge in [0.15, 0.2) is 0 Å². The smallest absolute Gasteiger partial charge is 0.310 e. The van der Waals surface area contributed by atoms with Gasteiger partial charge in [0.1, 0.15) is 17.5 Å². The minimum atomic E-state index is -0.297. The number of nitrogen functional groups attached to an aromatic ring is 1. The Balaban J connectivity index is 2.03. The van der Waals surface area contributed by atoms with Crippen LogP contribution in [-0.4, -0.2) is 42.8 Å². The molecule has 0 bridgehead atoms. The topological polar surface area (TPSA) is 123 Å². The molecular weight excluding hydrogens is 286 g/mol. The summed E-state index contributed by atoms with van der Waals surface area (Å²) in [6, 6.07) is 1.90. The number of ether oxygens (including phenoxy) is 2. The third-order valence-electron chi connectivity index (χ3n) is 3.76. The maximum absolute atomic E-state index is 12.0. The standard InChI is InChI=1S/C14H19N5O3/c1-21-13(20)11(9-2-4-22-5-3-9)8-18-14-17-7-10(6-15)12(16)19-14/h7,9,11H,2-5,8H2,1H3,(H3,16,17,18,19). The van der Waals surface area contributed by atoms with Crippen LogP contribution < -0.4 is 11.1 Å². The molecule has 8 heteroatoms. The van der Waals surface area contributed by atoms with Gasteiger partial charge in [-0.05, 0) is 18.8 Å². The molecule has 1 fully saturated rings. The van der Waals surface area contributed by atoms with Gasteiger partial charge in [-0.1, -0.05) is 0 Å². The Morgan fingerprint density at radius 2 is 2.36 bits per heavy atom. The SMILES string of the molecule is COC(=O)C(CNc1ncc(C#N)c(N)n1)C1CCOCC1. The van der Waals surface area contributed by atoms with Crippen LogP contribution in [0.4, 0.5) is 11.8 Å². The van der Waals surface area contributed by atoms with Crippen molar-refractivity contribution in [2.24, 2.45) is 11.8 Å². The molecule has 1 aliphatic heterocycles. The Morgan fingerprint density at radius 1 is 1.64 bits per heavy atom. The molecule has 1 aliphatic rings. The molecule has 118 valence electrons. The van der Waals surface area contributed by atoms with Gasteiger partial charge in [-0.3, -0.25) is 4.79 Å². The zero-order valence-electron chi connectivity index (χ0n) is 12.4. The molecule has 0 aliphatic carbocycles. The van der Waals surface area contributed by atoms with Crippen molar-refractivity contribution in [2.75, 3.05) is 37.9 Å². The molecule has 1 saturated heterocycles. The first-order valence-electron chi connectivity index (χ1n) is 7.07. The summed E-state index contributed by atoms with van der Waals surface area (Å²) in [6.45, 7) is 1.65. The van der Waals surface area contributed by atoms with E-state index in [4.69, 9.17) is 20.5 Å². The van der Waals surface area contributed by atoms with Crippen molar-refractivity contribution in [1.29, 1.82) is 5.26 Å². The van der Waals surface area contributed by atoms with Crippen LogP contribution in [-0.2, 0) is 14.3 Å². The van der Waals surface area contributed by atoms with Crippen molar-refractivity contribution in [3.05, 3.63) is 11.8 Å². The number of hydrogen-bond donors (Lipinski definition) is 2. The van der Waals surface area contributed by atoms with Crippen LogP contribution in [0.2, 0.25) is 0 Å².